The number of nitro benzene ring substituents is 1. The average molecular weight is 240 g/mol. The molecule has 2 aromatic carbocycles. The van der Waals surface area contributed by atoms with Crippen molar-refractivity contribution in [3.8, 4) is 11.1 Å². The van der Waals surface area contributed by atoms with Gasteiger partial charge in [0.05, 0.1) is 4.92 Å². The molecular weight excluding hydrogens is 232 g/mol. The van der Waals surface area contributed by atoms with Crippen molar-refractivity contribution in [2.45, 2.75) is 0 Å². The molecular formula is C13H8N2O3. The van der Waals surface area contributed by atoms with Crippen LogP contribution in [0.3, 0.4) is 0 Å². The Hall–Kier alpha value is -2.69. The van der Waals surface area contributed by atoms with Gasteiger partial charge in [0.15, 0.2) is 0 Å². The molecule has 0 unspecified atom stereocenters. The number of nitrogens with zero attached hydrogens (tertiary/aromatic N) is 2. The second kappa shape index (κ2) is 3.66. The number of oxime groups is 1. The van der Waals surface area contributed by atoms with Crippen LogP contribution in [0, 0.1) is 10.1 Å². The number of fused-ring (bicyclic) bond motifs is 3. The summed E-state index contributed by atoms with van der Waals surface area (Å²) in [6, 6.07) is 12.0. The van der Waals surface area contributed by atoms with E-state index < -0.39 is 4.92 Å². The number of hydrogen-bond acceptors (Lipinski definition) is 4. The van der Waals surface area contributed by atoms with Crippen molar-refractivity contribution >= 4 is 11.4 Å². The summed E-state index contributed by atoms with van der Waals surface area (Å²) < 4.78 is 0. The Kier molecular flexibility index (Phi) is 2.13. The van der Waals surface area contributed by atoms with Gasteiger partial charge in [-0.1, -0.05) is 29.4 Å². The van der Waals surface area contributed by atoms with Gasteiger partial charge in [0.2, 0.25) is 0 Å². The first kappa shape index (κ1) is 10.5. The average Bonchev–Trinajstić information content (AvgIpc) is 2.71. The maximum atomic E-state index is 10.8. The molecule has 0 atom stereocenters. The van der Waals surface area contributed by atoms with Gasteiger partial charge in [-0.05, 0) is 17.2 Å². The van der Waals surface area contributed by atoms with Crippen molar-refractivity contribution in [3.63, 3.8) is 0 Å². The van der Waals surface area contributed by atoms with Crippen molar-refractivity contribution in [2.75, 3.05) is 0 Å². The van der Waals surface area contributed by atoms with Crippen molar-refractivity contribution in [2.24, 2.45) is 5.16 Å². The molecule has 18 heavy (non-hydrogen) atoms. The molecule has 0 aliphatic heterocycles. The molecule has 0 aromatic heterocycles. The van der Waals surface area contributed by atoms with Gasteiger partial charge in [0.25, 0.3) is 5.69 Å². The van der Waals surface area contributed by atoms with E-state index in [4.69, 9.17) is 5.21 Å². The van der Waals surface area contributed by atoms with Gasteiger partial charge in [0, 0.05) is 23.3 Å². The highest BCUT2D eigenvalue weighted by Gasteiger charge is 2.26. The minimum atomic E-state index is -0.460. The van der Waals surface area contributed by atoms with E-state index in [1.165, 1.54) is 12.1 Å². The lowest BCUT2D eigenvalue weighted by molar-refractivity contribution is -0.384. The maximum absolute atomic E-state index is 10.8. The highest BCUT2D eigenvalue weighted by molar-refractivity contribution is 6.24. The maximum Gasteiger partial charge on any atom is 0.270 e. The number of benzene rings is 2. The van der Waals surface area contributed by atoms with Crippen LogP contribution in [0.2, 0.25) is 0 Å². The van der Waals surface area contributed by atoms with Crippen molar-refractivity contribution in [1.29, 1.82) is 0 Å². The summed E-state index contributed by atoms with van der Waals surface area (Å²) in [5.41, 5.74) is 3.52. The molecule has 0 spiro atoms. The normalized spacial score (nSPS) is 14.3. The summed E-state index contributed by atoms with van der Waals surface area (Å²) >= 11 is 0. The number of rotatable bonds is 1. The summed E-state index contributed by atoms with van der Waals surface area (Å²) in [5, 5.41) is 23.1. The Bertz CT molecular complexity index is 692. The Labute approximate surface area is 102 Å². The van der Waals surface area contributed by atoms with Crippen LogP contribution in [0.25, 0.3) is 11.1 Å². The molecule has 5 nitrogen and oxygen atoms in total. The van der Waals surface area contributed by atoms with Gasteiger partial charge in [-0.2, -0.15) is 0 Å². The fraction of sp³-hybridized carbons (Fsp3) is 0. The van der Waals surface area contributed by atoms with Crippen LogP contribution in [0.4, 0.5) is 5.69 Å². The second-order valence-electron chi connectivity index (χ2n) is 3.98. The van der Waals surface area contributed by atoms with Crippen LogP contribution in [0.1, 0.15) is 11.1 Å². The highest BCUT2D eigenvalue weighted by Crippen LogP contribution is 2.38. The van der Waals surface area contributed by atoms with Crippen molar-refractivity contribution < 1.29 is 10.1 Å². The molecule has 2 aromatic rings. The van der Waals surface area contributed by atoms with E-state index in [2.05, 4.69) is 5.16 Å². The van der Waals surface area contributed by atoms with E-state index in [1.807, 2.05) is 24.3 Å². The fourth-order valence-corrected chi connectivity index (χ4v) is 2.25. The Balaban J connectivity index is 2.31. The van der Waals surface area contributed by atoms with Crippen LogP contribution < -0.4 is 0 Å². The monoisotopic (exact) mass is 240 g/mol. The molecule has 1 aliphatic rings. The molecule has 88 valence electrons. The summed E-state index contributed by atoms with van der Waals surface area (Å²) in [7, 11) is 0. The quantitative estimate of drug-likeness (QED) is 0.403. The summed E-state index contributed by atoms with van der Waals surface area (Å²) in [5.74, 6) is 0. The molecule has 1 N–H and O–H groups in total. The molecule has 0 fully saturated rings. The van der Waals surface area contributed by atoms with Crippen LogP contribution in [0.15, 0.2) is 47.6 Å². The largest absolute Gasteiger partial charge is 0.410 e. The Morgan fingerprint density at radius 1 is 1.00 bits per heavy atom. The van der Waals surface area contributed by atoms with E-state index in [9.17, 15) is 10.1 Å². The molecule has 0 bridgehead atoms. The van der Waals surface area contributed by atoms with Crippen LogP contribution in [-0.2, 0) is 0 Å². The zero-order valence-corrected chi connectivity index (χ0v) is 9.20. The van der Waals surface area contributed by atoms with Gasteiger partial charge in [-0.3, -0.25) is 10.1 Å². The van der Waals surface area contributed by atoms with E-state index >= 15 is 0 Å². The third-order valence-corrected chi connectivity index (χ3v) is 3.04. The van der Waals surface area contributed by atoms with Gasteiger partial charge < -0.3 is 5.21 Å². The van der Waals surface area contributed by atoms with E-state index in [1.54, 1.807) is 6.07 Å². The number of hydrogen-bond donors (Lipinski definition) is 1. The van der Waals surface area contributed by atoms with Crippen LogP contribution in [0.5, 0.6) is 0 Å². The Morgan fingerprint density at radius 3 is 2.33 bits per heavy atom. The standard InChI is InChI=1S/C13H8N2O3/c16-14-13-11-4-2-1-3-9(11)10-6-5-8(15(17)18)7-12(10)13/h1-7,16H/b14-13+. The Morgan fingerprint density at radius 2 is 1.67 bits per heavy atom. The van der Waals surface area contributed by atoms with E-state index in [0.717, 1.165) is 16.7 Å². The molecule has 3 rings (SSSR count). The molecule has 1 aliphatic carbocycles. The van der Waals surface area contributed by atoms with Gasteiger partial charge in [0.1, 0.15) is 5.71 Å². The lowest BCUT2D eigenvalue weighted by Gasteiger charge is -1.99. The third-order valence-electron chi connectivity index (χ3n) is 3.04. The zero-order chi connectivity index (χ0) is 12.7. The SMILES string of the molecule is O=[N+]([O-])c1ccc2c(c1)/C(=N/O)c1ccccc1-2. The van der Waals surface area contributed by atoms with E-state index in [-0.39, 0.29) is 5.69 Å². The van der Waals surface area contributed by atoms with Gasteiger partial charge in [-0.15, -0.1) is 0 Å². The minimum Gasteiger partial charge on any atom is -0.410 e. The minimum absolute atomic E-state index is 0.0114. The predicted octanol–water partition coefficient (Wildman–Crippen LogP) is 2.80. The van der Waals surface area contributed by atoms with Gasteiger partial charge >= 0.3 is 0 Å². The topological polar surface area (TPSA) is 75.7 Å². The fourth-order valence-electron chi connectivity index (χ4n) is 2.25. The molecule has 0 radical (unpaired) electrons. The molecule has 0 saturated heterocycles. The highest BCUT2D eigenvalue weighted by atomic mass is 16.6. The molecule has 0 saturated carbocycles. The first-order chi connectivity index (χ1) is 8.72. The third kappa shape index (κ3) is 1.31. The summed E-state index contributed by atoms with van der Waals surface area (Å²) in [6.45, 7) is 0. The van der Waals surface area contributed by atoms with Crippen LogP contribution in [-0.4, -0.2) is 15.8 Å². The first-order valence-electron chi connectivity index (χ1n) is 5.33. The first-order valence-corrected chi connectivity index (χ1v) is 5.33. The van der Waals surface area contributed by atoms with Crippen molar-refractivity contribution in [1.82, 2.24) is 0 Å². The van der Waals surface area contributed by atoms with E-state index in [0.29, 0.717) is 11.3 Å². The predicted molar refractivity (Wildman–Crippen MR) is 66.0 cm³/mol. The molecule has 0 amide bonds. The second-order valence-corrected chi connectivity index (χ2v) is 3.98. The smallest absolute Gasteiger partial charge is 0.270 e. The van der Waals surface area contributed by atoms with Crippen LogP contribution >= 0.6 is 0 Å². The lowest BCUT2D eigenvalue weighted by Crippen LogP contribution is -1.98. The zero-order valence-electron chi connectivity index (χ0n) is 9.20. The summed E-state index contributed by atoms with van der Waals surface area (Å²) in [6.07, 6.45) is 0. The van der Waals surface area contributed by atoms with Crippen molar-refractivity contribution in [3.05, 3.63) is 63.7 Å². The van der Waals surface area contributed by atoms with Gasteiger partial charge in [-0.25, -0.2) is 0 Å². The molecule has 5 heteroatoms. The number of non-ortho nitro benzene ring substituents is 1. The lowest BCUT2D eigenvalue weighted by atomic mass is 10.1. The number of nitro groups is 1. The molecule has 0 heterocycles. The summed E-state index contributed by atoms with van der Waals surface area (Å²) in [4.78, 5) is 10.3.